The van der Waals surface area contributed by atoms with Gasteiger partial charge in [-0.15, -0.1) is 0 Å². The number of aromatic hydroxyl groups is 1. The monoisotopic (exact) mass is 225 g/mol. The smallest absolute Gasteiger partial charge is 0.150 e. The number of likely N-dealkylation sites (N-methyl/N-ethyl adjacent to an activating group) is 1. The molecule has 0 aliphatic carbocycles. The fraction of sp³-hybridized carbons (Fsp3) is 0.364. The highest BCUT2D eigenvalue weighted by molar-refractivity contribution is 5.75. The van der Waals surface area contributed by atoms with Crippen molar-refractivity contribution in [2.24, 2.45) is 0 Å². The van der Waals surface area contributed by atoms with E-state index in [1.807, 2.05) is 0 Å². The summed E-state index contributed by atoms with van der Waals surface area (Å²) < 4.78 is 0. The zero-order valence-electron chi connectivity index (χ0n) is 8.92. The lowest BCUT2D eigenvalue weighted by atomic mass is 10.0. The van der Waals surface area contributed by atoms with E-state index < -0.39 is 12.2 Å². The molecular weight excluding hydrogens is 210 g/mol. The SMILES string of the molecule is CNCC(O)C(O)c1cc(C=O)ccc1O. The van der Waals surface area contributed by atoms with Gasteiger partial charge in [-0.3, -0.25) is 4.79 Å². The maximum Gasteiger partial charge on any atom is 0.150 e. The molecule has 2 unspecified atom stereocenters. The van der Waals surface area contributed by atoms with Crippen molar-refractivity contribution < 1.29 is 20.1 Å². The molecule has 0 fully saturated rings. The van der Waals surface area contributed by atoms with Crippen LogP contribution < -0.4 is 5.32 Å². The van der Waals surface area contributed by atoms with Crippen LogP contribution in [0.3, 0.4) is 0 Å². The van der Waals surface area contributed by atoms with Crippen molar-refractivity contribution in [3.63, 3.8) is 0 Å². The van der Waals surface area contributed by atoms with Gasteiger partial charge in [0.1, 0.15) is 18.1 Å². The minimum Gasteiger partial charge on any atom is -0.508 e. The van der Waals surface area contributed by atoms with Crippen molar-refractivity contribution in [2.75, 3.05) is 13.6 Å². The number of aliphatic hydroxyl groups excluding tert-OH is 2. The number of benzene rings is 1. The number of phenols is 1. The lowest BCUT2D eigenvalue weighted by Gasteiger charge is -2.18. The van der Waals surface area contributed by atoms with Crippen molar-refractivity contribution >= 4 is 6.29 Å². The minimum absolute atomic E-state index is 0.145. The van der Waals surface area contributed by atoms with E-state index in [1.165, 1.54) is 18.2 Å². The quantitative estimate of drug-likeness (QED) is 0.522. The summed E-state index contributed by atoms with van der Waals surface area (Å²) in [5.41, 5.74) is 0.482. The summed E-state index contributed by atoms with van der Waals surface area (Å²) >= 11 is 0. The summed E-state index contributed by atoms with van der Waals surface area (Å²) in [6.45, 7) is 0.186. The molecule has 0 heterocycles. The van der Waals surface area contributed by atoms with Gasteiger partial charge in [0.05, 0.1) is 6.10 Å². The van der Waals surface area contributed by atoms with Crippen LogP contribution in [0.25, 0.3) is 0 Å². The first-order chi connectivity index (χ1) is 7.60. The first-order valence-corrected chi connectivity index (χ1v) is 4.89. The van der Waals surface area contributed by atoms with E-state index in [0.717, 1.165) is 0 Å². The van der Waals surface area contributed by atoms with Crippen LogP contribution in [-0.2, 0) is 0 Å². The average molecular weight is 225 g/mol. The van der Waals surface area contributed by atoms with E-state index in [-0.39, 0.29) is 17.9 Å². The molecule has 0 aromatic heterocycles. The highest BCUT2D eigenvalue weighted by atomic mass is 16.3. The standard InChI is InChI=1S/C11H15NO4/c1-12-5-10(15)11(16)8-4-7(6-13)2-3-9(8)14/h2-4,6,10-12,14-16H,5H2,1H3. The van der Waals surface area contributed by atoms with Crippen molar-refractivity contribution in [3.05, 3.63) is 29.3 Å². The molecule has 1 aromatic carbocycles. The van der Waals surface area contributed by atoms with Gasteiger partial charge in [0, 0.05) is 17.7 Å². The molecule has 88 valence electrons. The Bertz CT molecular complexity index is 367. The molecule has 0 amide bonds. The van der Waals surface area contributed by atoms with Gasteiger partial charge in [0.25, 0.3) is 0 Å². The summed E-state index contributed by atoms with van der Waals surface area (Å²) in [6, 6.07) is 4.10. The number of carbonyl (C=O) groups excluding carboxylic acids is 1. The normalized spacial score (nSPS) is 14.4. The maximum absolute atomic E-state index is 10.6. The predicted molar refractivity (Wildman–Crippen MR) is 58.4 cm³/mol. The minimum atomic E-state index is -1.23. The van der Waals surface area contributed by atoms with Crippen molar-refractivity contribution in [1.82, 2.24) is 5.32 Å². The Balaban J connectivity index is 2.97. The topological polar surface area (TPSA) is 89.8 Å². The van der Waals surface area contributed by atoms with Crippen molar-refractivity contribution in [2.45, 2.75) is 12.2 Å². The van der Waals surface area contributed by atoms with E-state index in [4.69, 9.17) is 0 Å². The van der Waals surface area contributed by atoms with Gasteiger partial charge in [0.15, 0.2) is 0 Å². The van der Waals surface area contributed by atoms with Gasteiger partial charge in [-0.2, -0.15) is 0 Å². The molecule has 0 radical (unpaired) electrons. The third-order valence-electron chi connectivity index (χ3n) is 2.28. The van der Waals surface area contributed by atoms with Gasteiger partial charge in [0.2, 0.25) is 0 Å². The fourth-order valence-corrected chi connectivity index (χ4v) is 1.41. The first kappa shape index (κ1) is 12.6. The average Bonchev–Trinajstić information content (AvgIpc) is 2.29. The Hall–Kier alpha value is -1.43. The highest BCUT2D eigenvalue weighted by Crippen LogP contribution is 2.26. The van der Waals surface area contributed by atoms with Crippen LogP contribution in [0.1, 0.15) is 22.0 Å². The molecule has 0 bridgehead atoms. The molecule has 0 aliphatic heterocycles. The number of rotatable bonds is 5. The second-order valence-corrected chi connectivity index (χ2v) is 3.51. The first-order valence-electron chi connectivity index (χ1n) is 4.89. The molecule has 0 aliphatic rings. The number of aliphatic hydroxyl groups is 2. The number of carbonyl (C=O) groups is 1. The summed E-state index contributed by atoms with van der Waals surface area (Å²) in [5.74, 6) is -0.145. The zero-order valence-corrected chi connectivity index (χ0v) is 8.92. The molecule has 4 N–H and O–H groups in total. The van der Waals surface area contributed by atoms with Crippen LogP contribution in [0.5, 0.6) is 5.75 Å². The van der Waals surface area contributed by atoms with E-state index in [0.29, 0.717) is 11.8 Å². The van der Waals surface area contributed by atoms with Gasteiger partial charge in [-0.25, -0.2) is 0 Å². The molecule has 0 saturated heterocycles. The fourth-order valence-electron chi connectivity index (χ4n) is 1.41. The van der Waals surface area contributed by atoms with Crippen LogP contribution in [0.2, 0.25) is 0 Å². The molecule has 5 heteroatoms. The molecular formula is C11H15NO4. The largest absolute Gasteiger partial charge is 0.508 e. The number of nitrogens with one attached hydrogen (secondary N) is 1. The number of phenolic OH excluding ortho intramolecular Hbond substituents is 1. The Morgan fingerprint density at radius 3 is 2.69 bits per heavy atom. The molecule has 1 aromatic rings. The maximum atomic E-state index is 10.6. The summed E-state index contributed by atoms with van der Waals surface area (Å²) in [6.07, 6.45) is -1.66. The zero-order chi connectivity index (χ0) is 12.1. The molecule has 1 rings (SSSR count). The molecule has 2 atom stereocenters. The van der Waals surface area contributed by atoms with Crippen molar-refractivity contribution in [3.8, 4) is 5.75 Å². The molecule has 0 spiro atoms. The van der Waals surface area contributed by atoms with E-state index >= 15 is 0 Å². The van der Waals surface area contributed by atoms with E-state index in [2.05, 4.69) is 5.32 Å². The van der Waals surface area contributed by atoms with Crippen LogP contribution >= 0.6 is 0 Å². The summed E-state index contributed by atoms with van der Waals surface area (Å²) in [7, 11) is 1.64. The van der Waals surface area contributed by atoms with E-state index in [9.17, 15) is 20.1 Å². The van der Waals surface area contributed by atoms with Crippen LogP contribution in [0.4, 0.5) is 0 Å². The Morgan fingerprint density at radius 2 is 2.12 bits per heavy atom. The lowest BCUT2D eigenvalue weighted by Crippen LogP contribution is -2.29. The Morgan fingerprint density at radius 1 is 1.44 bits per heavy atom. The molecule has 16 heavy (non-hydrogen) atoms. The molecule has 0 saturated carbocycles. The summed E-state index contributed by atoms with van der Waals surface area (Å²) in [4.78, 5) is 10.6. The van der Waals surface area contributed by atoms with Crippen LogP contribution in [-0.4, -0.2) is 41.3 Å². The Labute approximate surface area is 93.4 Å². The third-order valence-corrected chi connectivity index (χ3v) is 2.28. The van der Waals surface area contributed by atoms with Crippen molar-refractivity contribution in [1.29, 1.82) is 0 Å². The third kappa shape index (κ3) is 2.79. The van der Waals surface area contributed by atoms with Gasteiger partial charge in [-0.05, 0) is 25.2 Å². The highest BCUT2D eigenvalue weighted by Gasteiger charge is 2.20. The number of hydrogen-bond donors (Lipinski definition) is 4. The lowest BCUT2D eigenvalue weighted by molar-refractivity contribution is 0.0189. The second-order valence-electron chi connectivity index (χ2n) is 3.51. The number of aldehydes is 1. The Kier molecular flexibility index (Phi) is 4.42. The molecule has 5 nitrogen and oxygen atoms in total. The van der Waals surface area contributed by atoms with Gasteiger partial charge < -0.3 is 20.6 Å². The van der Waals surface area contributed by atoms with Crippen LogP contribution in [0, 0.1) is 0 Å². The van der Waals surface area contributed by atoms with Crippen LogP contribution in [0.15, 0.2) is 18.2 Å². The predicted octanol–water partition coefficient (Wildman–Crippen LogP) is -0.182. The van der Waals surface area contributed by atoms with E-state index in [1.54, 1.807) is 7.05 Å². The second kappa shape index (κ2) is 5.60. The van der Waals surface area contributed by atoms with Gasteiger partial charge >= 0.3 is 0 Å². The number of hydrogen-bond acceptors (Lipinski definition) is 5. The van der Waals surface area contributed by atoms with Gasteiger partial charge in [-0.1, -0.05) is 0 Å². The summed E-state index contributed by atoms with van der Waals surface area (Å²) in [5, 5.41) is 31.5.